The highest BCUT2D eigenvalue weighted by Crippen LogP contribution is 2.29. The first-order valence-corrected chi connectivity index (χ1v) is 4.91. The van der Waals surface area contributed by atoms with Crippen molar-refractivity contribution >= 4 is 11.5 Å². The number of aromatic nitrogens is 2. The maximum absolute atomic E-state index is 10.8. The Morgan fingerprint density at radius 3 is 2.50 bits per heavy atom. The van der Waals surface area contributed by atoms with Gasteiger partial charge in [-0.2, -0.15) is 5.10 Å². The van der Waals surface area contributed by atoms with Crippen molar-refractivity contribution in [2.75, 3.05) is 12.8 Å². The van der Waals surface area contributed by atoms with E-state index in [-0.39, 0.29) is 23.7 Å². The fourth-order valence-electron chi connectivity index (χ4n) is 1.49. The summed E-state index contributed by atoms with van der Waals surface area (Å²) in [5.74, 6) is 0.0684. The van der Waals surface area contributed by atoms with Gasteiger partial charge in [0.05, 0.1) is 17.1 Å². The summed E-state index contributed by atoms with van der Waals surface area (Å²) in [4.78, 5) is 10.2. The van der Waals surface area contributed by atoms with Crippen LogP contribution in [0.3, 0.4) is 0 Å². The van der Waals surface area contributed by atoms with Crippen molar-refractivity contribution in [3.8, 4) is 0 Å². The third-order valence-corrected chi connectivity index (χ3v) is 2.71. The van der Waals surface area contributed by atoms with Gasteiger partial charge in [-0.05, 0) is 20.8 Å². The summed E-state index contributed by atoms with van der Waals surface area (Å²) in [6, 6.07) is -0.155. The molecule has 0 radical (unpaired) electrons. The molecule has 0 saturated carbocycles. The van der Waals surface area contributed by atoms with Crippen molar-refractivity contribution in [1.82, 2.24) is 9.78 Å². The number of nitrogen functional groups attached to an aromatic ring is 1. The molecule has 7 nitrogen and oxygen atoms in total. The van der Waals surface area contributed by atoms with Gasteiger partial charge in [-0.3, -0.25) is 10.1 Å². The Balaban J connectivity index is 3.17. The number of hydrogen-bond donors (Lipinski definition) is 1. The number of rotatable bonds is 4. The third kappa shape index (κ3) is 1.99. The van der Waals surface area contributed by atoms with Crippen molar-refractivity contribution in [2.24, 2.45) is 0 Å². The molecule has 0 spiro atoms. The van der Waals surface area contributed by atoms with Crippen LogP contribution < -0.4 is 5.73 Å². The fourth-order valence-corrected chi connectivity index (χ4v) is 1.49. The normalized spacial score (nSPS) is 14.8. The van der Waals surface area contributed by atoms with E-state index in [1.165, 1.54) is 4.68 Å². The lowest BCUT2D eigenvalue weighted by atomic mass is 10.2. The van der Waals surface area contributed by atoms with Gasteiger partial charge in [0.15, 0.2) is 0 Å². The van der Waals surface area contributed by atoms with Crippen LogP contribution in [0.1, 0.15) is 25.6 Å². The first-order valence-electron chi connectivity index (χ1n) is 4.91. The topological polar surface area (TPSA) is 96.2 Å². The van der Waals surface area contributed by atoms with Crippen molar-refractivity contribution in [3.05, 3.63) is 15.8 Å². The average molecular weight is 228 g/mol. The first-order chi connectivity index (χ1) is 7.40. The molecule has 0 aromatic carbocycles. The molecule has 7 heteroatoms. The van der Waals surface area contributed by atoms with Gasteiger partial charge >= 0.3 is 5.69 Å². The lowest BCUT2D eigenvalue weighted by Gasteiger charge is -2.19. The molecule has 1 rings (SSSR count). The molecule has 2 unspecified atom stereocenters. The van der Waals surface area contributed by atoms with E-state index in [1.807, 2.05) is 13.8 Å². The number of aryl methyl sites for hydroxylation is 1. The second kappa shape index (κ2) is 4.48. The standard InChI is InChI=1S/C9H16N4O3/c1-5-8(13(14)15)9(10)12(11-5)6(2)7(3)16-4/h6-7H,10H2,1-4H3. The molecule has 1 aromatic rings. The summed E-state index contributed by atoms with van der Waals surface area (Å²) < 4.78 is 6.58. The molecule has 1 aromatic heterocycles. The SMILES string of the molecule is COC(C)C(C)n1nc(C)c([N+](=O)[O-])c1N. The Labute approximate surface area is 93.3 Å². The first kappa shape index (κ1) is 12.4. The van der Waals surface area contributed by atoms with E-state index in [0.717, 1.165) is 0 Å². The maximum Gasteiger partial charge on any atom is 0.333 e. The molecule has 0 fully saturated rings. The van der Waals surface area contributed by atoms with Gasteiger partial charge in [0.1, 0.15) is 5.69 Å². The van der Waals surface area contributed by atoms with Crippen LogP contribution in [0, 0.1) is 17.0 Å². The molecule has 2 atom stereocenters. The molecular weight excluding hydrogens is 212 g/mol. The molecule has 0 aliphatic heterocycles. The van der Waals surface area contributed by atoms with E-state index < -0.39 is 4.92 Å². The van der Waals surface area contributed by atoms with E-state index in [2.05, 4.69) is 5.10 Å². The summed E-state index contributed by atoms with van der Waals surface area (Å²) >= 11 is 0. The fraction of sp³-hybridized carbons (Fsp3) is 0.667. The van der Waals surface area contributed by atoms with Crippen LogP contribution in [0.2, 0.25) is 0 Å². The van der Waals surface area contributed by atoms with Crippen LogP contribution in [0.15, 0.2) is 0 Å². The third-order valence-electron chi connectivity index (χ3n) is 2.71. The van der Waals surface area contributed by atoms with E-state index >= 15 is 0 Å². The zero-order valence-electron chi connectivity index (χ0n) is 9.80. The predicted molar refractivity (Wildman–Crippen MR) is 59.2 cm³/mol. The molecule has 2 N–H and O–H groups in total. The van der Waals surface area contributed by atoms with Crippen molar-refractivity contribution < 1.29 is 9.66 Å². The van der Waals surface area contributed by atoms with E-state index in [0.29, 0.717) is 5.69 Å². The van der Waals surface area contributed by atoms with Crippen LogP contribution in [0.5, 0.6) is 0 Å². The van der Waals surface area contributed by atoms with Gasteiger partial charge in [-0.15, -0.1) is 0 Å². The van der Waals surface area contributed by atoms with Gasteiger partial charge in [0.2, 0.25) is 5.82 Å². The molecule has 0 saturated heterocycles. The average Bonchev–Trinajstić information content (AvgIpc) is 2.51. The van der Waals surface area contributed by atoms with Gasteiger partial charge < -0.3 is 10.5 Å². The number of nitrogens with zero attached hydrogens (tertiary/aromatic N) is 3. The van der Waals surface area contributed by atoms with Crippen LogP contribution >= 0.6 is 0 Å². The molecule has 0 aliphatic carbocycles. The van der Waals surface area contributed by atoms with Gasteiger partial charge in [-0.1, -0.05) is 0 Å². The Hall–Kier alpha value is -1.63. The Kier molecular flexibility index (Phi) is 3.48. The minimum absolute atomic E-state index is 0.0684. The summed E-state index contributed by atoms with van der Waals surface area (Å²) in [5.41, 5.74) is 5.89. The number of methoxy groups -OCH3 is 1. The van der Waals surface area contributed by atoms with Crippen LogP contribution in [-0.2, 0) is 4.74 Å². The highest BCUT2D eigenvalue weighted by molar-refractivity contribution is 5.56. The number of ether oxygens (including phenoxy) is 1. The summed E-state index contributed by atoms with van der Waals surface area (Å²) in [5, 5.41) is 14.8. The highest BCUT2D eigenvalue weighted by atomic mass is 16.6. The highest BCUT2D eigenvalue weighted by Gasteiger charge is 2.27. The van der Waals surface area contributed by atoms with Crippen LogP contribution in [0.25, 0.3) is 0 Å². The Morgan fingerprint density at radius 1 is 1.56 bits per heavy atom. The van der Waals surface area contributed by atoms with Crippen molar-refractivity contribution in [2.45, 2.75) is 32.9 Å². The minimum atomic E-state index is -0.516. The van der Waals surface area contributed by atoms with Gasteiger partial charge in [0, 0.05) is 7.11 Å². The summed E-state index contributed by atoms with van der Waals surface area (Å²) in [7, 11) is 1.57. The largest absolute Gasteiger partial charge is 0.380 e. The zero-order chi connectivity index (χ0) is 12.5. The Morgan fingerprint density at radius 2 is 2.12 bits per heavy atom. The zero-order valence-corrected chi connectivity index (χ0v) is 9.80. The number of nitro groups is 1. The van der Waals surface area contributed by atoms with Crippen molar-refractivity contribution in [3.63, 3.8) is 0 Å². The summed E-state index contributed by atoms with van der Waals surface area (Å²) in [6.45, 7) is 5.27. The molecule has 16 heavy (non-hydrogen) atoms. The van der Waals surface area contributed by atoms with E-state index in [9.17, 15) is 10.1 Å². The van der Waals surface area contributed by atoms with Gasteiger partial charge in [0.25, 0.3) is 0 Å². The molecule has 0 aliphatic rings. The maximum atomic E-state index is 10.8. The number of hydrogen-bond acceptors (Lipinski definition) is 5. The minimum Gasteiger partial charge on any atom is -0.380 e. The second-order valence-electron chi connectivity index (χ2n) is 3.70. The number of nitrogens with two attached hydrogens (primary N) is 1. The molecule has 0 bridgehead atoms. The molecule has 1 heterocycles. The molecule has 0 amide bonds. The van der Waals surface area contributed by atoms with Crippen LogP contribution in [0.4, 0.5) is 11.5 Å². The van der Waals surface area contributed by atoms with Gasteiger partial charge in [-0.25, -0.2) is 4.68 Å². The predicted octanol–water partition coefficient (Wildman–Crippen LogP) is 1.28. The monoisotopic (exact) mass is 228 g/mol. The molecular formula is C9H16N4O3. The molecule has 90 valence electrons. The van der Waals surface area contributed by atoms with E-state index in [1.54, 1.807) is 14.0 Å². The van der Waals surface area contributed by atoms with E-state index in [4.69, 9.17) is 10.5 Å². The van der Waals surface area contributed by atoms with Crippen molar-refractivity contribution in [1.29, 1.82) is 0 Å². The quantitative estimate of drug-likeness (QED) is 0.618. The number of anilines is 1. The second-order valence-corrected chi connectivity index (χ2v) is 3.70. The summed E-state index contributed by atoms with van der Waals surface area (Å²) in [6.07, 6.45) is -0.124. The Bertz CT molecular complexity index is 402. The van der Waals surface area contributed by atoms with Crippen LogP contribution in [-0.4, -0.2) is 27.9 Å². The lowest BCUT2D eigenvalue weighted by molar-refractivity contribution is -0.384. The lowest BCUT2D eigenvalue weighted by Crippen LogP contribution is -2.22. The smallest absolute Gasteiger partial charge is 0.333 e.